The Balaban J connectivity index is 0.00000320. The molecule has 0 radical (unpaired) electrons. The van der Waals surface area contributed by atoms with Crippen LogP contribution in [-0.2, 0) is 4.74 Å². The SMILES string of the molecule is C.C#Cc1cc(NC(=O)c2cnn(-c3ccc(Cl)cc3)c2C)ccc1N1CCC(N2CCOCC2)CC1. The van der Waals surface area contributed by atoms with E-state index < -0.39 is 0 Å². The minimum Gasteiger partial charge on any atom is -0.379 e. The fourth-order valence-electron chi connectivity index (χ4n) is 5.09. The first-order chi connectivity index (χ1) is 17.5. The lowest BCUT2D eigenvalue weighted by molar-refractivity contribution is 0.0115. The third-order valence-electron chi connectivity index (χ3n) is 7.10. The largest absolute Gasteiger partial charge is 0.379 e. The number of ether oxygens (including phenoxy) is 1. The van der Waals surface area contributed by atoms with Gasteiger partial charge in [-0.3, -0.25) is 9.69 Å². The second-order valence-electron chi connectivity index (χ2n) is 9.23. The number of hydrogen-bond acceptors (Lipinski definition) is 5. The number of amides is 1. The highest BCUT2D eigenvalue weighted by atomic mass is 35.5. The predicted molar refractivity (Wildman–Crippen MR) is 150 cm³/mol. The summed E-state index contributed by atoms with van der Waals surface area (Å²) in [5.41, 5.74) is 4.58. The van der Waals surface area contributed by atoms with Crippen molar-refractivity contribution in [3.05, 3.63) is 70.5 Å². The zero-order valence-electron chi connectivity index (χ0n) is 20.4. The van der Waals surface area contributed by atoms with Crippen molar-refractivity contribution >= 4 is 28.9 Å². The van der Waals surface area contributed by atoms with E-state index in [0.717, 1.165) is 74.9 Å². The average Bonchev–Trinajstić information content (AvgIpc) is 3.31. The number of rotatable bonds is 5. The number of carbonyl (C=O) groups excluding carboxylic acids is 1. The van der Waals surface area contributed by atoms with E-state index in [1.807, 2.05) is 37.3 Å². The summed E-state index contributed by atoms with van der Waals surface area (Å²) in [5.74, 6) is 2.59. The Morgan fingerprint density at radius 2 is 1.81 bits per heavy atom. The molecule has 1 N–H and O–H groups in total. The summed E-state index contributed by atoms with van der Waals surface area (Å²) < 4.78 is 7.22. The highest BCUT2D eigenvalue weighted by molar-refractivity contribution is 6.30. The molecule has 0 saturated carbocycles. The van der Waals surface area contributed by atoms with E-state index in [-0.39, 0.29) is 13.3 Å². The molecule has 3 heterocycles. The molecule has 2 saturated heterocycles. The summed E-state index contributed by atoms with van der Waals surface area (Å²) in [7, 11) is 0. The van der Waals surface area contributed by atoms with Crippen LogP contribution in [-0.4, -0.2) is 66.0 Å². The minimum absolute atomic E-state index is 0. The maximum atomic E-state index is 13.0. The van der Waals surface area contributed by atoms with Crippen molar-refractivity contribution < 1.29 is 9.53 Å². The van der Waals surface area contributed by atoms with Gasteiger partial charge in [0.15, 0.2) is 0 Å². The van der Waals surface area contributed by atoms with Gasteiger partial charge in [-0.2, -0.15) is 5.10 Å². The summed E-state index contributed by atoms with van der Waals surface area (Å²) in [6, 6.07) is 13.7. The van der Waals surface area contributed by atoms with Gasteiger partial charge >= 0.3 is 0 Å². The Labute approximate surface area is 224 Å². The van der Waals surface area contributed by atoms with Crippen LogP contribution in [0.3, 0.4) is 0 Å². The zero-order valence-corrected chi connectivity index (χ0v) is 21.2. The smallest absolute Gasteiger partial charge is 0.259 e. The van der Waals surface area contributed by atoms with Crippen molar-refractivity contribution in [2.75, 3.05) is 49.6 Å². The van der Waals surface area contributed by atoms with Gasteiger partial charge in [0.1, 0.15) is 0 Å². The Kier molecular flexibility index (Phi) is 8.55. The molecule has 2 aliphatic heterocycles. The third kappa shape index (κ3) is 5.83. The van der Waals surface area contributed by atoms with Gasteiger partial charge in [0.05, 0.1) is 42.0 Å². The molecule has 0 bridgehead atoms. The zero-order chi connectivity index (χ0) is 25.1. The van der Waals surface area contributed by atoms with Crippen LogP contribution < -0.4 is 10.2 Å². The number of benzene rings is 2. The normalized spacial score (nSPS) is 16.6. The van der Waals surface area contributed by atoms with Crippen molar-refractivity contribution in [3.63, 3.8) is 0 Å². The maximum absolute atomic E-state index is 13.0. The number of carbonyl (C=O) groups is 1. The molecule has 3 aromatic rings. The predicted octanol–water partition coefficient (Wildman–Crippen LogP) is 5.00. The topological polar surface area (TPSA) is 62.6 Å². The van der Waals surface area contributed by atoms with Crippen LogP contribution in [0.5, 0.6) is 0 Å². The van der Waals surface area contributed by atoms with Crippen molar-refractivity contribution in [1.82, 2.24) is 14.7 Å². The summed E-state index contributed by atoms with van der Waals surface area (Å²) in [6.07, 6.45) is 9.68. The number of hydrogen-bond donors (Lipinski definition) is 1. The molecule has 7 nitrogen and oxygen atoms in total. The molecule has 2 fully saturated rings. The number of morpholine rings is 1. The Morgan fingerprint density at radius 3 is 2.49 bits per heavy atom. The molecule has 8 heteroatoms. The summed E-state index contributed by atoms with van der Waals surface area (Å²) in [4.78, 5) is 18.0. The first-order valence-corrected chi connectivity index (χ1v) is 12.7. The lowest BCUT2D eigenvalue weighted by Gasteiger charge is -2.41. The molecule has 2 aliphatic rings. The Hall–Kier alpha value is -3.31. The van der Waals surface area contributed by atoms with E-state index in [4.69, 9.17) is 22.8 Å². The van der Waals surface area contributed by atoms with Gasteiger partial charge in [-0.1, -0.05) is 24.9 Å². The number of terminal acetylenes is 1. The highest BCUT2D eigenvalue weighted by Gasteiger charge is 2.27. The standard InChI is InChI=1S/C28H30ClN5O2.CH4/c1-3-21-18-23(6-9-27(21)33-12-10-24(11-13-33)32-14-16-36-17-15-32)31-28(35)26-19-30-34(20(26)2)25-7-4-22(29)5-8-25;/h1,4-9,18-19,24H,10-17H2,2H3,(H,31,35);1H4. The number of nitrogens with zero attached hydrogens (tertiary/aromatic N) is 4. The van der Waals surface area contributed by atoms with Crippen LogP contribution in [0, 0.1) is 19.3 Å². The highest BCUT2D eigenvalue weighted by Crippen LogP contribution is 2.28. The van der Waals surface area contributed by atoms with Gasteiger partial charge in [0.2, 0.25) is 0 Å². The first-order valence-electron chi connectivity index (χ1n) is 12.3. The van der Waals surface area contributed by atoms with Gasteiger partial charge in [0.25, 0.3) is 5.91 Å². The molecule has 0 unspecified atom stereocenters. The van der Waals surface area contributed by atoms with Crippen LogP contribution in [0.25, 0.3) is 5.69 Å². The van der Waals surface area contributed by atoms with Crippen LogP contribution >= 0.6 is 11.6 Å². The second kappa shape index (κ2) is 11.8. The molecule has 5 rings (SSSR count). The molecule has 194 valence electrons. The number of nitrogens with one attached hydrogen (secondary N) is 1. The van der Waals surface area contributed by atoms with Gasteiger partial charge in [0, 0.05) is 48.5 Å². The lowest BCUT2D eigenvalue weighted by atomic mass is 10.0. The lowest BCUT2D eigenvalue weighted by Crippen LogP contribution is -2.49. The van der Waals surface area contributed by atoms with Gasteiger partial charge in [-0.05, 0) is 62.2 Å². The van der Waals surface area contributed by atoms with E-state index in [0.29, 0.717) is 22.3 Å². The fourth-order valence-corrected chi connectivity index (χ4v) is 5.22. The molecular formula is C29H34ClN5O2. The number of anilines is 2. The molecule has 0 atom stereocenters. The van der Waals surface area contributed by atoms with Crippen molar-refractivity contribution in [1.29, 1.82) is 0 Å². The number of piperidine rings is 1. The van der Waals surface area contributed by atoms with Crippen LogP contribution in [0.15, 0.2) is 48.7 Å². The Morgan fingerprint density at radius 1 is 1.11 bits per heavy atom. The molecule has 1 aromatic heterocycles. The summed E-state index contributed by atoms with van der Waals surface area (Å²) in [5, 5.41) is 8.02. The average molecular weight is 520 g/mol. The number of halogens is 1. The van der Waals surface area contributed by atoms with Crippen molar-refractivity contribution in [3.8, 4) is 18.0 Å². The van der Waals surface area contributed by atoms with E-state index >= 15 is 0 Å². The van der Waals surface area contributed by atoms with Gasteiger partial charge in [-0.15, -0.1) is 6.42 Å². The summed E-state index contributed by atoms with van der Waals surface area (Å²) >= 11 is 5.99. The van der Waals surface area contributed by atoms with Crippen LogP contribution in [0.1, 0.15) is 41.9 Å². The van der Waals surface area contributed by atoms with Crippen LogP contribution in [0.2, 0.25) is 5.02 Å². The van der Waals surface area contributed by atoms with Crippen LogP contribution in [0.4, 0.5) is 11.4 Å². The van der Waals surface area contributed by atoms with E-state index in [2.05, 4.69) is 26.1 Å². The third-order valence-corrected chi connectivity index (χ3v) is 7.35. The summed E-state index contributed by atoms with van der Waals surface area (Å²) in [6.45, 7) is 7.50. The minimum atomic E-state index is -0.227. The fraction of sp³-hybridized carbons (Fsp3) is 0.379. The molecule has 2 aromatic carbocycles. The quantitative estimate of drug-likeness (QED) is 0.480. The number of aromatic nitrogens is 2. The monoisotopic (exact) mass is 519 g/mol. The second-order valence-corrected chi connectivity index (χ2v) is 9.67. The molecule has 0 aliphatic carbocycles. The van der Waals surface area contributed by atoms with Crippen molar-refractivity contribution in [2.24, 2.45) is 0 Å². The van der Waals surface area contributed by atoms with Gasteiger partial charge in [-0.25, -0.2) is 4.68 Å². The Bertz CT molecular complexity index is 1270. The molecule has 0 spiro atoms. The maximum Gasteiger partial charge on any atom is 0.259 e. The molecule has 37 heavy (non-hydrogen) atoms. The van der Waals surface area contributed by atoms with E-state index in [1.54, 1.807) is 23.0 Å². The van der Waals surface area contributed by atoms with E-state index in [1.165, 1.54) is 0 Å². The van der Waals surface area contributed by atoms with Gasteiger partial charge < -0.3 is 15.0 Å². The van der Waals surface area contributed by atoms with E-state index in [9.17, 15) is 4.79 Å². The van der Waals surface area contributed by atoms with Crippen molar-refractivity contribution in [2.45, 2.75) is 33.2 Å². The molecular weight excluding hydrogens is 486 g/mol. The first kappa shape index (κ1) is 26.7. The molecule has 1 amide bonds.